The molecule has 1 saturated heterocycles. The van der Waals surface area contributed by atoms with Gasteiger partial charge in [0.1, 0.15) is 4.88 Å². The molecule has 1 aromatic heterocycles. The number of ether oxygens (including phenoxy) is 2. The van der Waals surface area contributed by atoms with Crippen LogP contribution in [0.2, 0.25) is 0 Å². The Balaban J connectivity index is 1.12. The highest BCUT2D eigenvalue weighted by Gasteiger charge is 2.21. The standard InChI is InChI=1S/C23H24N4O3S/c28-22(25-18-6-7-19-20(12-18)30-15-29-19)21-13-24-23(31-21)26-17-8-10-27(11-9-17)14-16-4-2-1-3-5-16/h1-7,12-13,17H,8-11,14-15H2,(H,24,26)(H,25,28). The summed E-state index contributed by atoms with van der Waals surface area (Å²) < 4.78 is 10.7. The van der Waals surface area contributed by atoms with Gasteiger partial charge in [0.05, 0.1) is 6.20 Å². The van der Waals surface area contributed by atoms with Gasteiger partial charge in [0, 0.05) is 37.4 Å². The number of hydrogen-bond donors (Lipinski definition) is 2. The molecule has 3 heterocycles. The number of benzene rings is 2. The van der Waals surface area contributed by atoms with E-state index >= 15 is 0 Å². The van der Waals surface area contributed by atoms with Crippen molar-refractivity contribution >= 4 is 28.1 Å². The average molecular weight is 437 g/mol. The number of carbonyl (C=O) groups is 1. The number of likely N-dealkylation sites (tertiary alicyclic amines) is 1. The molecule has 1 fully saturated rings. The largest absolute Gasteiger partial charge is 0.454 e. The number of piperidine rings is 1. The summed E-state index contributed by atoms with van der Waals surface area (Å²) in [5.74, 6) is 1.15. The number of carbonyl (C=O) groups excluding carboxylic acids is 1. The zero-order chi connectivity index (χ0) is 21.0. The van der Waals surface area contributed by atoms with Gasteiger partial charge in [-0.1, -0.05) is 41.7 Å². The van der Waals surface area contributed by atoms with Gasteiger partial charge in [-0.2, -0.15) is 0 Å². The molecule has 2 N–H and O–H groups in total. The lowest BCUT2D eigenvalue weighted by atomic mass is 10.0. The molecule has 2 aromatic carbocycles. The van der Waals surface area contributed by atoms with Crippen LogP contribution < -0.4 is 20.1 Å². The van der Waals surface area contributed by atoms with Crippen LogP contribution in [0.3, 0.4) is 0 Å². The monoisotopic (exact) mass is 436 g/mol. The van der Waals surface area contributed by atoms with Crippen LogP contribution in [0.1, 0.15) is 28.1 Å². The SMILES string of the molecule is O=C(Nc1ccc2c(c1)OCO2)c1cnc(NC2CCN(Cc3ccccc3)CC2)s1. The first kappa shape index (κ1) is 19.8. The van der Waals surface area contributed by atoms with E-state index in [0.29, 0.717) is 28.1 Å². The summed E-state index contributed by atoms with van der Waals surface area (Å²) in [6.07, 6.45) is 3.75. The molecule has 160 valence electrons. The zero-order valence-corrected chi connectivity index (χ0v) is 17.9. The van der Waals surface area contributed by atoms with Crippen molar-refractivity contribution in [1.82, 2.24) is 9.88 Å². The van der Waals surface area contributed by atoms with Gasteiger partial charge < -0.3 is 20.1 Å². The van der Waals surface area contributed by atoms with Crippen LogP contribution in [0, 0.1) is 0 Å². The molecule has 5 rings (SSSR count). The second-order valence-corrected chi connectivity index (χ2v) is 8.76. The average Bonchev–Trinajstić information content (AvgIpc) is 3.45. The van der Waals surface area contributed by atoms with Gasteiger partial charge in [-0.05, 0) is 30.5 Å². The van der Waals surface area contributed by atoms with Crippen LogP contribution >= 0.6 is 11.3 Å². The summed E-state index contributed by atoms with van der Waals surface area (Å²) in [5, 5.41) is 7.19. The van der Waals surface area contributed by atoms with Crippen LogP contribution in [0.5, 0.6) is 11.5 Å². The Bertz CT molecular complexity index is 1050. The molecule has 0 unspecified atom stereocenters. The van der Waals surface area contributed by atoms with Crippen molar-refractivity contribution < 1.29 is 14.3 Å². The highest BCUT2D eigenvalue weighted by molar-refractivity contribution is 7.17. The molecule has 0 spiro atoms. The zero-order valence-electron chi connectivity index (χ0n) is 17.0. The molecule has 2 aliphatic heterocycles. The van der Waals surface area contributed by atoms with Gasteiger partial charge in [-0.25, -0.2) is 4.98 Å². The van der Waals surface area contributed by atoms with E-state index < -0.39 is 0 Å². The van der Waals surface area contributed by atoms with E-state index in [-0.39, 0.29) is 12.7 Å². The van der Waals surface area contributed by atoms with Gasteiger partial charge in [0.15, 0.2) is 16.6 Å². The molecular formula is C23H24N4O3S. The van der Waals surface area contributed by atoms with Crippen molar-refractivity contribution in [3.63, 3.8) is 0 Å². The van der Waals surface area contributed by atoms with Crippen molar-refractivity contribution in [3.8, 4) is 11.5 Å². The Kier molecular flexibility index (Phi) is 5.73. The van der Waals surface area contributed by atoms with Crippen LogP contribution in [-0.4, -0.2) is 41.7 Å². The molecule has 7 nitrogen and oxygen atoms in total. The molecule has 1 amide bonds. The molecule has 31 heavy (non-hydrogen) atoms. The summed E-state index contributed by atoms with van der Waals surface area (Å²) in [6, 6.07) is 16.3. The maximum atomic E-state index is 12.6. The Morgan fingerprint density at radius 3 is 2.74 bits per heavy atom. The van der Waals surface area contributed by atoms with E-state index in [2.05, 4.69) is 50.8 Å². The normalized spacial score (nSPS) is 16.3. The fourth-order valence-corrected chi connectivity index (χ4v) is 4.65. The van der Waals surface area contributed by atoms with Gasteiger partial charge in [-0.15, -0.1) is 0 Å². The molecule has 0 radical (unpaired) electrons. The number of anilines is 2. The molecule has 2 aliphatic rings. The number of nitrogens with zero attached hydrogens (tertiary/aromatic N) is 2. The van der Waals surface area contributed by atoms with E-state index in [0.717, 1.165) is 37.6 Å². The smallest absolute Gasteiger partial charge is 0.267 e. The first-order valence-corrected chi connectivity index (χ1v) is 11.2. The maximum absolute atomic E-state index is 12.6. The Morgan fingerprint density at radius 2 is 1.90 bits per heavy atom. The molecular weight excluding hydrogens is 412 g/mol. The van der Waals surface area contributed by atoms with Crippen LogP contribution in [0.15, 0.2) is 54.7 Å². The molecule has 0 atom stereocenters. The quantitative estimate of drug-likeness (QED) is 0.603. The summed E-state index contributed by atoms with van der Waals surface area (Å²) in [7, 11) is 0. The van der Waals surface area contributed by atoms with E-state index in [1.54, 1.807) is 24.4 Å². The second-order valence-electron chi connectivity index (χ2n) is 7.73. The minimum absolute atomic E-state index is 0.179. The van der Waals surface area contributed by atoms with Crippen LogP contribution in [0.25, 0.3) is 0 Å². The lowest BCUT2D eigenvalue weighted by molar-refractivity contribution is 0.103. The van der Waals surface area contributed by atoms with Crippen molar-refractivity contribution in [2.75, 3.05) is 30.5 Å². The molecule has 0 bridgehead atoms. The highest BCUT2D eigenvalue weighted by Crippen LogP contribution is 2.34. The molecule has 0 saturated carbocycles. The fraction of sp³-hybridized carbons (Fsp3) is 0.304. The van der Waals surface area contributed by atoms with E-state index in [4.69, 9.17) is 9.47 Å². The number of amides is 1. The van der Waals surface area contributed by atoms with Crippen LogP contribution in [0.4, 0.5) is 10.8 Å². The Morgan fingerprint density at radius 1 is 1.10 bits per heavy atom. The Labute approximate surface area is 185 Å². The predicted molar refractivity (Wildman–Crippen MR) is 121 cm³/mol. The second kappa shape index (κ2) is 8.95. The minimum Gasteiger partial charge on any atom is -0.454 e. The van der Waals surface area contributed by atoms with Crippen molar-refractivity contribution in [3.05, 3.63) is 65.2 Å². The first-order chi connectivity index (χ1) is 15.2. The third-order valence-corrected chi connectivity index (χ3v) is 6.45. The van der Waals surface area contributed by atoms with Crippen molar-refractivity contribution in [2.24, 2.45) is 0 Å². The van der Waals surface area contributed by atoms with Gasteiger partial charge in [-0.3, -0.25) is 9.69 Å². The van der Waals surface area contributed by atoms with Crippen molar-refractivity contribution in [1.29, 1.82) is 0 Å². The first-order valence-electron chi connectivity index (χ1n) is 10.4. The van der Waals surface area contributed by atoms with Gasteiger partial charge in [0.2, 0.25) is 6.79 Å². The van der Waals surface area contributed by atoms with E-state index in [1.165, 1.54) is 16.9 Å². The highest BCUT2D eigenvalue weighted by atomic mass is 32.1. The third kappa shape index (κ3) is 4.81. The summed E-state index contributed by atoms with van der Waals surface area (Å²) in [5.41, 5.74) is 2.02. The Hall–Kier alpha value is -3.10. The van der Waals surface area contributed by atoms with E-state index in [1.807, 2.05) is 0 Å². The predicted octanol–water partition coefficient (Wildman–Crippen LogP) is 4.20. The topological polar surface area (TPSA) is 75.7 Å². The number of aromatic nitrogens is 1. The van der Waals surface area contributed by atoms with Gasteiger partial charge >= 0.3 is 0 Å². The number of nitrogens with one attached hydrogen (secondary N) is 2. The molecule has 3 aromatic rings. The lowest BCUT2D eigenvalue weighted by Gasteiger charge is -2.32. The third-order valence-electron chi connectivity index (χ3n) is 5.52. The molecule has 8 heteroatoms. The van der Waals surface area contributed by atoms with Gasteiger partial charge in [0.25, 0.3) is 5.91 Å². The fourth-order valence-electron chi connectivity index (χ4n) is 3.86. The number of hydrogen-bond acceptors (Lipinski definition) is 7. The summed E-state index contributed by atoms with van der Waals surface area (Å²) in [6.45, 7) is 3.31. The lowest BCUT2D eigenvalue weighted by Crippen LogP contribution is -2.38. The van der Waals surface area contributed by atoms with E-state index in [9.17, 15) is 4.79 Å². The minimum atomic E-state index is -0.179. The summed E-state index contributed by atoms with van der Waals surface area (Å²) in [4.78, 5) is 20.1. The summed E-state index contributed by atoms with van der Waals surface area (Å²) >= 11 is 1.38. The molecule has 0 aliphatic carbocycles. The number of rotatable bonds is 6. The van der Waals surface area contributed by atoms with Crippen LogP contribution in [-0.2, 0) is 6.54 Å². The number of thiazole rings is 1. The maximum Gasteiger partial charge on any atom is 0.267 e. The number of fused-ring (bicyclic) bond motifs is 1. The van der Waals surface area contributed by atoms with Crippen molar-refractivity contribution in [2.45, 2.75) is 25.4 Å².